The van der Waals surface area contributed by atoms with Gasteiger partial charge in [0.05, 0.1) is 12.0 Å². The quantitative estimate of drug-likeness (QED) is 0.703. The second-order valence-corrected chi connectivity index (χ2v) is 3.43. The molecular formula is C9H12F3NO. The summed E-state index contributed by atoms with van der Waals surface area (Å²) >= 11 is 0. The molecule has 80 valence electrons. The Labute approximate surface area is 80.9 Å². The maximum absolute atomic E-state index is 11.7. The summed E-state index contributed by atoms with van der Waals surface area (Å²) in [6.45, 7) is 3.08. The third-order valence-corrected chi connectivity index (χ3v) is 1.45. The van der Waals surface area contributed by atoms with E-state index in [9.17, 15) is 18.0 Å². The number of hydrogen-bond donors (Lipinski definition) is 1. The van der Waals surface area contributed by atoms with Gasteiger partial charge in [0.2, 0.25) is 5.91 Å². The fourth-order valence-corrected chi connectivity index (χ4v) is 0.702. The Morgan fingerprint density at radius 3 is 2.29 bits per heavy atom. The smallest absolute Gasteiger partial charge is 0.340 e. The van der Waals surface area contributed by atoms with E-state index in [1.165, 1.54) is 0 Å². The van der Waals surface area contributed by atoms with Gasteiger partial charge in [0.1, 0.15) is 0 Å². The van der Waals surface area contributed by atoms with Crippen LogP contribution in [-0.4, -0.2) is 17.6 Å². The first-order valence-electron chi connectivity index (χ1n) is 4.02. The molecule has 0 saturated carbocycles. The molecule has 0 saturated heterocycles. The largest absolute Gasteiger partial charge is 0.389 e. The number of carbonyl (C=O) groups is 1. The maximum Gasteiger partial charge on any atom is 0.389 e. The van der Waals surface area contributed by atoms with E-state index in [-0.39, 0.29) is 0 Å². The van der Waals surface area contributed by atoms with Gasteiger partial charge >= 0.3 is 6.18 Å². The summed E-state index contributed by atoms with van der Waals surface area (Å²) < 4.78 is 35.1. The predicted octanol–water partition coefficient (Wildman–Crippen LogP) is 1.86. The Morgan fingerprint density at radius 1 is 1.43 bits per heavy atom. The number of hydrogen-bond acceptors (Lipinski definition) is 1. The predicted molar refractivity (Wildman–Crippen MR) is 46.3 cm³/mol. The van der Waals surface area contributed by atoms with Gasteiger partial charge in [-0.15, -0.1) is 6.42 Å². The van der Waals surface area contributed by atoms with E-state index < -0.39 is 30.5 Å². The van der Waals surface area contributed by atoms with Crippen LogP contribution in [0.2, 0.25) is 0 Å². The van der Waals surface area contributed by atoms with Gasteiger partial charge in [-0.05, 0) is 13.8 Å². The molecule has 0 unspecified atom stereocenters. The van der Waals surface area contributed by atoms with Crippen LogP contribution in [0.15, 0.2) is 0 Å². The molecule has 0 aromatic rings. The highest BCUT2D eigenvalue weighted by Crippen LogP contribution is 2.21. The van der Waals surface area contributed by atoms with Gasteiger partial charge in [0.15, 0.2) is 0 Å². The van der Waals surface area contributed by atoms with Crippen molar-refractivity contribution in [2.45, 2.75) is 38.4 Å². The van der Waals surface area contributed by atoms with E-state index in [1.54, 1.807) is 13.8 Å². The van der Waals surface area contributed by atoms with Crippen molar-refractivity contribution < 1.29 is 18.0 Å². The molecule has 0 bridgehead atoms. The van der Waals surface area contributed by atoms with Gasteiger partial charge in [-0.2, -0.15) is 13.2 Å². The normalized spacial score (nSPS) is 12.0. The average molecular weight is 207 g/mol. The Hall–Kier alpha value is -1.18. The molecule has 5 heteroatoms. The lowest BCUT2D eigenvalue weighted by atomic mass is 10.1. The Morgan fingerprint density at radius 2 is 1.93 bits per heavy atom. The topological polar surface area (TPSA) is 29.1 Å². The Bertz CT molecular complexity index is 250. The third kappa shape index (κ3) is 6.35. The van der Waals surface area contributed by atoms with Crippen molar-refractivity contribution in [1.82, 2.24) is 5.32 Å². The highest BCUT2D eigenvalue weighted by Gasteiger charge is 2.28. The van der Waals surface area contributed by atoms with Crippen molar-refractivity contribution in [3.05, 3.63) is 0 Å². The third-order valence-electron chi connectivity index (χ3n) is 1.45. The fraction of sp³-hybridized carbons (Fsp3) is 0.667. The highest BCUT2D eigenvalue weighted by molar-refractivity contribution is 5.77. The first kappa shape index (κ1) is 12.8. The summed E-state index contributed by atoms with van der Waals surface area (Å²) in [7, 11) is 0. The van der Waals surface area contributed by atoms with E-state index in [0.29, 0.717) is 0 Å². The molecule has 0 fully saturated rings. The zero-order valence-electron chi connectivity index (χ0n) is 8.03. The second kappa shape index (κ2) is 4.36. The number of halogens is 3. The SMILES string of the molecule is C#CC(C)(C)NC(=O)CCC(F)(F)F. The molecule has 0 rings (SSSR count). The minimum atomic E-state index is -4.31. The van der Waals surface area contributed by atoms with Crippen molar-refractivity contribution in [2.75, 3.05) is 0 Å². The molecule has 0 heterocycles. The van der Waals surface area contributed by atoms with Crippen LogP contribution in [0, 0.1) is 12.3 Å². The van der Waals surface area contributed by atoms with E-state index in [0.717, 1.165) is 0 Å². The van der Waals surface area contributed by atoms with Crippen LogP contribution in [0.1, 0.15) is 26.7 Å². The van der Waals surface area contributed by atoms with Gasteiger partial charge < -0.3 is 5.32 Å². The zero-order valence-corrected chi connectivity index (χ0v) is 8.03. The highest BCUT2D eigenvalue weighted by atomic mass is 19.4. The van der Waals surface area contributed by atoms with Crippen LogP contribution in [0.4, 0.5) is 13.2 Å². The molecular weight excluding hydrogens is 195 g/mol. The van der Waals surface area contributed by atoms with E-state index in [2.05, 4.69) is 11.2 Å². The molecule has 0 aromatic carbocycles. The van der Waals surface area contributed by atoms with Crippen molar-refractivity contribution in [1.29, 1.82) is 0 Å². The number of nitrogens with one attached hydrogen (secondary N) is 1. The number of carbonyl (C=O) groups excluding carboxylic acids is 1. The van der Waals surface area contributed by atoms with E-state index >= 15 is 0 Å². The van der Waals surface area contributed by atoms with Gasteiger partial charge in [-0.25, -0.2) is 0 Å². The van der Waals surface area contributed by atoms with Gasteiger partial charge in [-0.1, -0.05) is 5.92 Å². The Balaban J connectivity index is 3.97. The van der Waals surface area contributed by atoms with Crippen molar-refractivity contribution in [3.8, 4) is 12.3 Å². The van der Waals surface area contributed by atoms with E-state index in [1.807, 2.05) is 0 Å². The molecule has 0 aromatic heterocycles. The number of terminal acetylenes is 1. The fourth-order valence-electron chi connectivity index (χ4n) is 0.702. The van der Waals surface area contributed by atoms with Gasteiger partial charge in [0, 0.05) is 6.42 Å². The van der Waals surface area contributed by atoms with Crippen LogP contribution in [-0.2, 0) is 4.79 Å². The summed E-state index contributed by atoms with van der Waals surface area (Å²) in [5.74, 6) is 1.57. The number of alkyl halides is 3. The number of amides is 1. The zero-order chi connectivity index (χ0) is 11.4. The first-order valence-corrected chi connectivity index (χ1v) is 4.02. The van der Waals surface area contributed by atoms with Crippen molar-refractivity contribution in [2.24, 2.45) is 0 Å². The van der Waals surface area contributed by atoms with Crippen LogP contribution >= 0.6 is 0 Å². The average Bonchev–Trinajstić information content (AvgIpc) is 1.99. The van der Waals surface area contributed by atoms with Crippen molar-refractivity contribution >= 4 is 5.91 Å². The monoisotopic (exact) mass is 207 g/mol. The molecule has 1 N–H and O–H groups in total. The summed E-state index contributed by atoms with van der Waals surface area (Å²) in [6, 6.07) is 0. The lowest BCUT2D eigenvalue weighted by Crippen LogP contribution is -2.42. The van der Waals surface area contributed by atoms with E-state index in [4.69, 9.17) is 6.42 Å². The molecule has 0 aliphatic rings. The molecule has 1 amide bonds. The number of rotatable bonds is 3. The minimum Gasteiger partial charge on any atom is -0.340 e. The van der Waals surface area contributed by atoms with Crippen LogP contribution in [0.3, 0.4) is 0 Å². The summed E-state index contributed by atoms with van der Waals surface area (Å²) in [5, 5.41) is 2.30. The molecule has 0 spiro atoms. The second-order valence-electron chi connectivity index (χ2n) is 3.43. The summed E-state index contributed by atoms with van der Waals surface area (Å²) in [5.41, 5.74) is -0.900. The lowest BCUT2D eigenvalue weighted by Gasteiger charge is -2.19. The van der Waals surface area contributed by atoms with Crippen LogP contribution < -0.4 is 5.32 Å². The van der Waals surface area contributed by atoms with Gasteiger partial charge in [-0.3, -0.25) is 4.79 Å². The van der Waals surface area contributed by atoms with Crippen LogP contribution in [0.25, 0.3) is 0 Å². The van der Waals surface area contributed by atoms with Gasteiger partial charge in [0.25, 0.3) is 0 Å². The Kier molecular flexibility index (Phi) is 3.99. The molecule has 0 radical (unpaired) electrons. The van der Waals surface area contributed by atoms with Crippen LogP contribution in [0.5, 0.6) is 0 Å². The standard InChI is InChI=1S/C9H12F3NO/c1-4-8(2,3)13-7(14)5-6-9(10,11)12/h1H,5-6H2,2-3H3,(H,13,14). The molecule has 0 atom stereocenters. The molecule has 14 heavy (non-hydrogen) atoms. The molecule has 2 nitrogen and oxygen atoms in total. The first-order chi connectivity index (χ1) is 6.16. The minimum absolute atomic E-state index is 0.589. The summed E-state index contributed by atoms with van der Waals surface area (Å²) in [4.78, 5) is 11.0. The molecule has 0 aliphatic heterocycles. The summed E-state index contributed by atoms with van der Waals surface area (Å²) in [6.07, 6.45) is -0.973. The van der Waals surface area contributed by atoms with Crippen molar-refractivity contribution in [3.63, 3.8) is 0 Å². The molecule has 0 aliphatic carbocycles. The maximum atomic E-state index is 11.7. The lowest BCUT2D eigenvalue weighted by molar-refractivity contribution is -0.144.